The second kappa shape index (κ2) is 10.2. The lowest BCUT2D eigenvalue weighted by atomic mass is 10.1. The molecule has 8 heteroatoms. The van der Waals surface area contributed by atoms with Gasteiger partial charge >= 0.3 is 5.97 Å². The Kier molecular flexibility index (Phi) is 7.70. The van der Waals surface area contributed by atoms with Crippen LogP contribution in [-0.2, 0) is 14.3 Å². The number of nitrogens with one attached hydrogen (secondary N) is 2. The Hall–Kier alpha value is -3.42. The highest BCUT2D eigenvalue weighted by Gasteiger charge is 2.25. The molecule has 1 heterocycles. The maximum absolute atomic E-state index is 12.5. The molecule has 2 amide bonds. The minimum absolute atomic E-state index is 0.0693. The van der Waals surface area contributed by atoms with Crippen LogP contribution in [0.1, 0.15) is 54.5 Å². The molecule has 2 atom stereocenters. The zero-order chi connectivity index (χ0) is 21.4. The van der Waals surface area contributed by atoms with Crippen molar-refractivity contribution in [2.45, 2.75) is 45.8 Å². The zero-order valence-electron chi connectivity index (χ0n) is 16.6. The molecule has 0 bridgehead atoms. The van der Waals surface area contributed by atoms with Crippen molar-refractivity contribution < 1.29 is 28.3 Å². The monoisotopic (exact) mass is 400 g/mol. The normalized spacial score (nSPS) is 12.5. The van der Waals surface area contributed by atoms with Crippen molar-refractivity contribution >= 4 is 29.3 Å². The number of carbonyl (C=O) groups is 4. The van der Waals surface area contributed by atoms with Gasteiger partial charge in [-0.25, -0.2) is 4.79 Å². The van der Waals surface area contributed by atoms with Gasteiger partial charge in [-0.05, 0) is 56.7 Å². The highest BCUT2D eigenvalue weighted by atomic mass is 16.5. The Morgan fingerprint density at radius 3 is 2.34 bits per heavy atom. The molecule has 2 N–H and O–H groups in total. The van der Waals surface area contributed by atoms with Crippen LogP contribution in [0.5, 0.6) is 0 Å². The molecular weight excluding hydrogens is 376 g/mol. The number of ketones is 1. The van der Waals surface area contributed by atoms with Gasteiger partial charge < -0.3 is 19.8 Å². The predicted molar refractivity (Wildman–Crippen MR) is 106 cm³/mol. The summed E-state index contributed by atoms with van der Waals surface area (Å²) in [6, 6.07) is 8.39. The van der Waals surface area contributed by atoms with Crippen molar-refractivity contribution in [3.63, 3.8) is 0 Å². The molecule has 0 aliphatic carbocycles. The van der Waals surface area contributed by atoms with Gasteiger partial charge in [-0.1, -0.05) is 6.92 Å². The lowest BCUT2D eigenvalue weighted by molar-refractivity contribution is -0.148. The van der Waals surface area contributed by atoms with Crippen LogP contribution in [0.4, 0.5) is 5.69 Å². The van der Waals surface area contributed by atoms with E-state index in [1.807, 2.05) is 6.92 Å². The summed E-state index contributed by atoms with van der Waals surface area (Å²) >= 11 is 0. The van der Waals surface area contributed by atoms with Gasteiger partial charge in [0.25, 0.3) is 5.91 Å². The molecule has 1 unspecified atom stereocenters. The largest absolute Gasteiger partial charge is 0.459 e. The Balaban J connectivity index is 1.89. The molecule has 2 aromatic rings. The maximum atomic E-state index is 12.5. The summed E-state index contributed by atoms with van der Waals surface area (Å²) in [5.41, 5.74) is 0.921. The molecule has 0 saturated carbocycles. The Bertz CT molecular complexity index is 858. The van der Waals surface area contributed by atoms with Crippen LogP contribution >= 0.6 is 0 Å². The van der Waals surface area contributed by atoms with Gasteiger partial charge in [0.15, 0.2) is 11.9 Å². The Morgan fingerprint density at radius 1 is 1.07 bits per heavy atom. The third-order valence-electron chi connectivity index (χ3n) is 4.04. The summed E-state index contributed by atoms with van der Waals surface area (Å²) in [5.74, 6) is -1.72. The third-order valence-corrected chi connectivity index (χ3v) is 4.04. The summed E-state index contributed by atoms with van der Waals surface area (Å²) in [6.07, 6.45) is 1.47. The molecular formula is C21H24N2O6. The second-order valence-electron chi connectivity index (χ2n) is 6.49. The fourth-order valence-electron chi connectivity index (χ4n) is 2.47. The zero-order valence-corrected chi connectivity index (χ0v) is 16.6. The first-order chi connectivity index (χ1) is 13.8. The van der Waals surface area contributed by atoms with E-state index in [0.717, 1.165) is 6.42 Å². The number of benzene rings is 1. The van der Waals surface area contributed by atoms with Crippen LogP contribution in [0.15, 0.2) is 47.1 Å². The van der Waals surface area contributed by atoms with E-state index in [2.05, 4.69) is 10.6 Å². The first kappa shape index (κ1) is 21.9. The average molecular weight is 400 g/mol. The van der Waals surface area contributed by atoms with E-state index in [1.165, 1.54) is 26.2 Å². The number of carbonyl (C=O) groups excluding carboxylic acids is 4. The van der Waals surface area contributed by atoms with Crippen LogP contribution in [0.2, 0.25) is 0 Å². The number of hydrogen-bond donors (Lipinski definition) is 2. The predicted octanol–water partition coefficient (Wildman–Crippen LogP) is 2.95. The van der Waals surface area contributed by atoms with Gasteiger partial charge in [0.1, 0.15) is 6.04 Å². The van der Waals surface area contributed by atoms with Crippen molar-refractivity contribution in [3.05, 3.63) is 54.0 Å². The van der Waals surface area contributed by atoms with Gasteiger partial charge in [0, 0.05) is 17.7 Å². The summed E-state index contributed by atoms with van der Waals surface area (Å²) in [7, 11) is 0. The van der Waals surface area contributed by atoms with Crippen LogP contribution in [0.3, 0.4) is 0 Å². The minimum atomic E-state index is -1.04. The molecule has 1 aromatic heterocycles. The summed E-state index contributed by atoms with van der Waals surface area (Å²) in [5, 5.41) is 5.17. The number of Topliss-reactive ketones (excluding diaryl/α,β-unsaturated/α-hetero) is 1. The molecule has 0 saturated heterocycles. The van der Waals surface area contributed by atoms with Crippen LogP contribution in [0, 0.1) is 0 Å². The number of ether oxygens (including phenoxy) is 1. The van der Waals surface area contributed by atoms with E-state index < -0.39 is 29.8 Å². The number of esters is 1. The number of rotatable bonds is 9. The van der Waals surface area contributed by atoms with E-state index in [0.29, 0.717) is 17.7 Å². The van der Waals surface area contributed by atoms with Gasteiger partial charge in [-0.15, -0.1) is 0 Å². The number of amides is 2. The van der Waals surface area contributed by atoms with Crippen LogP contribution in [-0.4, -0.2) is 35.7 Å². The van der Waals surface area contributed by atoms with E-state index >= 15 is 0 Å². The highest BCUT2D eigenvalue weighted by Crippen LogP contribution is 2.13. The summed E-state index contributed by atoms with van der Waals surface area (Å²) in [6.45, 7) is 4.82. The van der Waals surface area contributed by atoms with E-state index in [4.69, 9.17) is 9.15 Å². The average Bonchev–Trinajstić information content (AvgIpc) is 3.23. The second-order valence-corrected chi connectivity index (χ2v) is 6.49. The molecule has 0 aliphatic heterocycles. The van der Waals surface area contributed by atoms with E-state index in [1.54, 1.807) is 30.3 Å². The quantitative estimate of drug-likeness (QED) is 0.494. The third kappa shape index (κ3) is 6.31. The van der Waals surface area contributed by atoms with Crippen LogP contribution in [0.25, 0.3) is 0 Å². The van der Waals surface area contributed by atoms with Crippen molar-refractivity contribution in [1.29, 1.82) is 0 Å². The molecule has 154 valence electrons. The van der Waals surface area contributed by atoms with Crippen molar-refractivity contribution in [2.75, 3.05) is 5.32 Å². The molecule has 0 fully saturated rings. The lowest BCUT2D eigenvalue weighted by Gasteiger charge is -2.17. The minimum Gasteiger partial charge on any atom is -0.459 e. The first-order valence-corrected chi connectivity index (χ1v) is 9.30. The van der Waals surface area contributed by atoms with Gasteiger partial charge in [-0.2, -0.15) is 0 Å². The SMILES string of the molecule is CCCC(=O)Nc1ccc(C(=O)C(C)OC(=O)[C@H](C)NC(=O)c2ccco2)cc1. The molecule has 8 nitrogen and oxygen atoms in total. The maximum Gasteiger partial charge on any atom is 0.329 e. The number of anilines is 1. The van der Waals surface area contributed by atoms with Crippen molar-refractivity contribution in [3.8, 4) is 0 Å². The molecule has 0 aliphatic rings. The van der Waals surface area contributed by atoms with Crippen molar-refractivity contribution in [2.24, 2.45) is 0 Å². The molecule has 1 aromatic carbocycles. The highest BCUT2D eigenvalue weighted by molar-refractivity contribution is 6.01. The lowest BCUT2D eigenvalue weighted by Crippen LogP contribution is -2.41. The standard InChI is InChI=1S/C21H24N2O6/c1-4-6-18(24)23-16-10-8-15(9-11-16)19(25)14(3)29-21(27)13(2)22-20(26)17-7-5-12-28-17/h5,7-14H,4,6H2,1-3H3,(H,22,26)(H,23,24)/t13-,14?/m0/s1. The fraction of sp³-hybridized carbons (Fsp3) is 0.333. The Labute approximate surface area is 168 Å². The number of furan rings is 1. The van der Waals surface area contributed by atoms with Gasteiger partial charge in [0.05, 0.1) is 6.26 Å². The molecule has 29 heavy (non-hydrogen) atoms. The van der Waals surface area contributed by atoms with Crippen molar-refractivity contribution in [1.82, 2.24) is 5.32 Å². The smallest absolute Gasteiger partial charge is 0.329 e. The Morgan fingerprint density at radius 2 is 1.76 bits per heavy atom. The summed E-state index contributed by atoms with van der Waals surface area (Å²) < 4.78 is 10.1. The molecule has 0 radical (unpaired) electrons. The van der Waals surface area contributed by atoms with Gasteiger partial charge in [0.2, 0.25) is 11.7 Å². The number of hydrogen-bond acceptors (Lipinski definition) is 6. The van der Waals surface area contributed by atoms with Crippen LogP contribution < -0.4 is 10.6 Å². The topological polar surface area (TPSA) is 115 Å². The first-order valence-electron chi connectivity index (χ1n) is 9.30. The van der Waals surface area contributed by atoms with Gasteiger partial charge in [-0.3, -0.25) is 14.4 Å². The molecule has 0 spiro atoms. The van der Waals surface area contributed by atoms with E-state index in [-0.39, 0.29) is 11.7 Å². The summed E-state index contributed by atoms with van der Waals surface area (Å²) in [4.78, 5) is 48.2. The fourth-order valence-corrected chi connectivity index (χ4v) is 2.47. The molecule has 2 rings (SSSR count). The van der Waals surface area contributed by atoms with E-state index in [9.17, 15) is 19.2 Å².